The largest absolute Gasteiger partial charge is 0.478 e. The first-order valence-corrected chi connectivity index (χ1v) is 7.98. The Labute approximate surface area is 123 Å². The second kappa shape index (κ2) is 5.63. The highest BCUT2D eigenvalue weighted by molar-refractivity contribution is 7.89. The monoisotopic (exact) mass is 314 g/mol. The fourth-order valence-electron chi connectivity index (χ4n) is 2.44. The highest BCUT2D eigenvalue weighted by atomic mass is 32.2. The number of aromatic carboxylic acids is 1. The molecule has 0 spiro atoms. The van der Waals surface area contributed by atoms with Crippen LogP contribution in [-0.4, -0.2) is 48.1 Å². The standard InChI is InChI=1S/C13H18N2O5S/c1-8(16)9-4-5-15(7-9)21(19,20)12-3-2-10(14)6-11(12)13(17)18/h2-3,6,8-9,16H,4-5,7,14H2,1H3,(H,17,18). The number of rotatable bonds is 4. The van der Waals surface area contributed by atoms with Crippen LogP contribution in [-0.2, 0) is 10.0 Å². The summed E-state index contributed by atoms with van der Waals surface area (Å²) in [7, 11) is -3.91. The summed E-state index contributed by atoms with van der Waals surface area (Å²) in [4.78, 5) is 11.0. The van der Waals surface area contributed by atoms with E-state index in [0.29, 0.717) is 6.42 Å². The molecule has 8 heteroatoms. The predicted molar refractivity (Wildman–Crippen MR) is 76.4 cm³/mol. The molecule has 1 aliphatic heterocycles. The molecule has 0 bridgehead atoms. The maximum atomic E-state index is 12.6. The van der Waals surface area contributed by atoms with Gasteiger partial charge in [0.05, 0.1) is 16.6 Å². The average Bonchev–Trinajstić information content (AvgIpc) is 2.88. The SMILES string of the molecule is CC(O)C1CCN(S(=O)(=O)c2ccc(N)cc2C(=O)O)C1. The molecule has 2 unspecified atom stereocenters. The summed E-state index contributed by atoms with van der Waals surface area (Å²) >= 11 is 0. The first-order valence-electron chi connectivity index (χ1n) is 6.54. The molecular formula is C13H18N2O5S. The molecule has 116 valence electrons. The van der Waals surface area contributed by atoms with E-state index in [1.807, 2.05) is 0 Å². The number of hydrogen-bond acceptors (Lipinski definition) is 5. The van der Waals surface area contributed by atoms with E-state index in [2.05, 4.69) is 0 Å². The number of aliphatic hydroxyl groups is 1. The van der Waals surface area contributed by atoms with Crippen LogP contribution in [0.25, 0.3) is 0 Å². The van der Waals surface area contributed by atoms with Gasteiger partial charge >= 0.3 is 5.97 Å². The topological polar surface area (TPSA) is 121 Å². The third kappa shape index (κ3) is 3.02. The van der Waals surface area contributed by atoms with Gasteiger partial charge in [0.25, 0.3) is 0 Å². The van der Waals surface area contributed by atoms with Gasteiger partial charge < -0.3 is 15.9 Å². The van der Waals surface area contributed by atoms with Crippen LogP contribution < -0.4 is 5.73 Å². The molecule has 1 aliphatic rings. The zero-order valence-corrected chi connectivity index (χ0v) is 12.4. The minimum Gasteiger partial charge on any atom is -0.478 e. The number of benzene rings is 1. The van der Waals surface area contributed by atoms with Crippen molar-refractivity contribution in [3.05, 3.63) is 23.8 Å². The van der Waals surface area contributed by atoms with Crippen molar-refractivity contribution in [1.82, 2.24) is 4.31 Å². The van der Waals surface area contributed by atoms with Crippen LogP contribution in [0.1, 0.15) is 23.7 Å². The Morgan fingerprint density at radius 1 is 1.48 bits per heavy atom. The van der Waals surface area contributed by atoms with Crippen molar-refractivity contribution in [2.24, 2.45) is 5.92 Å². The fraction of sp³-hybridized carbons (Fsp3) is 0.462. The summed E-state index contributed by atoms with van der Waals surface area (Å²) in [6.45, 7) is 2.07. The van der Waals surface area contributed by atoms with Crippen molar-refractivity contribution < 1.29 is 23.4 Å². The molecule has 0 aromatic heterocycles. The molecule has 1 heterocycles. The lowest BCUT2D eigenvalue weighted by atomic mass is 10.0. The van der Waals surface area contributed by atoms with E-state index in [9.17, 15) is 18.3 Å². The first kappa shape index (κ1) is 15.7. The van der Waals surface area contributed by atoms with Crippen molar-refractivity contribution in [3.63, 3.8) is 0 Å². The lowest BCUT2D eigenvalue weighted by Crippen LogP contribution is -2.31. The predicted octanol–water partition coefficient (Wildman–Crippen LogP) is 0.358. The van der Waals surface area contributed by atoms with Gasteiger partial charge in [0.15, 0.2) is 0 Å². The molecule has 1 aromatic rings. The van der Waals surface area contributed by atoms with Gasteiger partial charge in [-0.25, -0.2) is 13.2 Å². The number of nitrogens with two attached hydrogens (primary N) is 1. The summed E-state index contributed by atoms with van der Waals surface area (Å²) in [5.74, 6) is -1.48. The fourth-order valence-corrected chi connectivity index (χ4v) is 4.12. The summed E-state index contributed by atoms with van der Waals surface area (Å²) in [6, 6.07) is 3.71. The van der Waals surface area contributed by atoms with Gasteiger partial charge in [0.2, 0.25) is 10.0 Å². The maximum absolute atomic E-state index is 12.6. The molecule has 0 radical (unpaired) electrons. The Hall–Kier alpha value is -1.64. The summed E-state index contributed by atoms with van der Waals surface area (Å²) < 4.78 is 26.4. The number of sulfonamides is 1. The van der Waals surface area contributed by atoms with Crippen LogP contribution >= 0.6 is 0 Å². The zero-order chi connectivity index (χ0) is 15.8. The van der Waals surface area contributed by atoms with E-state index in [0.717, 1.165) is 6.07 Å². The number of carbonyl (C=O) groups is 1. The quantitative estimate of drug-likeness (QED) is 0.690. The molecule has 1 fully saturated rings. The molecule has 4 N–H and O–H groups in total. The molecule has 1 aromatic carbocycles. The van der Waals surface area contributed by atoms with Gasteiger partial charge in [-0.05, 0) is 37.5 Å². The number of carboxylic acid groups (broad SMARTS) is 1. The highest BCUT2D eigenvalue weighted by Crippen LogP contribution is 2.28. The van der Waals surface area contributed by atoms with E-state index < -0.39 is 22.1 Å². The van der Waals surface area contributed by atoms with Crippen molar-refractivity contribution in [2.75, 3.05) is 18.8 Å². The van der Waals surface area contributed by atoms with Crippen molar-refractivity contribution in [2.45, 2.75) is 24.3 Å². The second-order valence-electron chi connectivity index (χ2n) is 5.21. The summed E-state index contributed by atoms with van der Waals surface area (Å²) in [5.41, 5.74) is 5.37. The highest BCUT2D eigenvalue weighted by Gasteiger charge is 2.36. The van der Waals surface area contributed by atoms with E-state index in [1.54, 1.807) is 6.92 Å². The van der Waals surface area contributed by atoms with E-state index in [4.69, 9.17) is 10.8 Å². The Morgan fingerprint density at radius 2 is 2.14 bits per heavy atom. The lowest BCUT2D eigenvalue weighted by Gasteiger charge is -2.19. The summed E-state index contributed by atoms with van der Waals surface area (Å²) in [5, 5.41) is 18.7. The van der Waals surface area contributed by atoms with Crippen LogP contribution in [0.3, 0.4) is 0 Å². The number of nitrogen functional groups attached to an aromatic ring is 1. The minimum atomic E-state index is -3.91. The van der Waals surface area contributed by atoms with Crippen LogP contribution in [0.2, 0.25) is 0 Å². The maximum Gasteiger partial charge on any atom is 0.337 e. The second-order valence-corrected chi connectivity index (χ2v) is 7.12. The van der Waals surface area contributed by atoms with E-state index in [-0.39, 0.29) is 35.2 Å². The number of hydrogen-bond donors (Lipinski definition) is 3. The van der Waals surface area contributed by atoms with Gasteiger partial charge in [0.1, 0.15) is 0 Å². The van der Waals surface area contributed by atoms with Gasteiger partial charge in [-0.15, -0.1) is 0 Å². The first-order chi connectivity index (χ1) is 9.73. The number of nitrogens with zero attached hydrogens (tertiary/aromatic N) is 1. The Bertz CT molecular complexity index is 657. The molecule has 21 heavy (non-hydrogen) atoms. The molecule has 1 saturated heterocycles. The van der Waals surface area contributed by atoms with Crippen LogP contribution in [0.5, 0.6) is 0 Å². The molecule has 7 nitrogen and oxygen atoms in total. The third-order valence-corrected chi connectivity index (χ3v) is 5.64. The smallest absolute Gasteiger partial charge is 0.337 e. The molecule has 0 aliphatic carbocycles. The third-order valence-electron chi connectivity index (χ3n) is 3.72. The van der Waals surface area contributed by atoms with E-state index in [1.165, 1.54) is 16.4 Å². The van der Waals surface area contributed by atoms with Crippen molar-refractivity contribution in [3.8, 4) is 0 Å². The van der Waals surface area contributed by atoms with Gasteiger partial charge in [-0.3, -0.25) is 0 Å². The average molecular weight is 314 g/mol. The van der Waals surface area contributed by atoms with Gasteiger partial charge in [-0.2, -0.15) is 4.31 Å². The lowest BCUT2D eigenvalue weighted by molar-refractivity contribution is 0.0692. The number of carboxylic acids is 1. The molecule has 0 amide bonds. The zero-order valence-electron chi connectivity index (χ0n) is 11.6. The molecule has 0 saturated carbocycles. The van der Waals surface area contributed by atoms with E-state index >= 15 is 0 Å². The van der Waals surface area contributed by atoms with Crippen LogP contribution in [0.15, 0.2) is 23.1 Å². The van der Waals surface area contributed by atoms with Gasteiger partial charge in [0, 0.05) is 18.8 Å². The Morgan fingerprint density at radius 3 is 2.67 bits per heavy atom. The van der Waals surface area contributed by atoms with Crippen LogP contribution in [0.4, 0.5) is 5.69 Å². The normalized spacial score (nSPS) is 21.3. The molecule has 2 atom stereocenters. The van der Waals surface area contributed by atoms with Crippen molar-refractivity contribution >= 4 is 21.7 Å². The number of aliphatic hydroxyl groups excluding tert-OH is 1. The van der Waals surface area contributed by atoms with Gasteiger partial charge in [-0.1, -0.05) is 0 Å². The van der Waals surface area contributed by atoms with Crippen LogP contribution in [0, 0.1) is 5.92 Å². The molecule has 2 rings (SSSR count). The minimum absolute atomic E-state index is 0.137. The Kier molecular flexibility index (Phi) is 4.22. The molecular weight excluding hydrogens is 296 g/mol. The Balaban J connectivity index is 2.39. The van der Waals surface area contributed by atoms with Crippen molar-refractivity contribution in [1.29, 1.82) is 0 Å². The number of anilines is 1. The summed E-state index contributed by atoms with van der Waals surface area (Å²) in [6.07, 6.45) is -0.0515.